The molecule has 6 nitrogen and oxygen atoms in total. The summed E-state index contributed by atoms with van der Waals surface area (Å²) >= 11 is 10.0. The van der Waals surface area contributed by atoms with E-state index >= 15 is 0 Å². The van der Waals surface area contributed by atoms with Crippen molar-refractivity contribution in [2.75, 3.05) is 13.1 Å². The molecule has 0 aromatic heterocycles. The minimum Gasteiger partial charge on any atom is -0.480 e. The van der Waals surface area contributed by atoms with Crippen LogP contribution in [0, 0.1) is 0 Å². The first kappa shape index (κ1) is 21.6. The molecular weight excluding hydrogens is 452 g/mol. The molecule has 0 saturated carbocycles. The molecule has 0 aliphatic carbocycles. The van der Waals surface area contributed by atoms with Crippen molar-refractivity contribution in [1.82, 2.24) is 10.2 Å². The molecule has 0 radical (unpaired) electrons. The molecule has 0 unspecified atom stereocenters. The second-order valence-corrected chi connectivity index (χ2v) is 8.46. The molecule has 1 aromatic rings. The monoisotopic (exact) mass is 470 g/mol. The van der Waals surface area contributed by atoms with Gasteiger partial charge in [0.15, 0.2) is 0 Å². The fourth-order valence-corrected chi connectivity index (χ4v) is 4.16. The van der Waals surface area contributed by atoms with Crippen molar-refractivity contribution < 1.29 is 19.5 Å². The lowest BCUT2D eigenvalue weighted by Gasteiger charge is -2.14. The first-order valence-electron chi connectivity index (χ1n) is 8.36. The number of unbranched alkanes of at least 4 members (excludes halogenated alkanes) is 2. The normalized spacial score (nSPS) is 15.4. The van der Waals surface area contributed by atoms with Gasteiger partial charge in [0.1, 0.15) is 10.9 Å². The van der Waals surface area contributed by atoms with E-state index in [1.54, 1.807) is 4.90 Å². The summed E-state index contributed by atoms with van der Waals surface area (Å²) in [5.74, 6) is -1.43. The second kappa shape index (κ2) is 10.6. The van der Waals surface area contributed by atoms with E-state index in [1.807, 2.05) is 30.3 Å². The van der Waals surface area contributed by atoms with Gasteiger partial charge in [-0.25, -0.2) is 0 Å². The fourth-order valence-electron chi connectivity index (χ4n) is 2.44. The maximum Gasteiger partial charge on any atom is 0.322 e. The Morgan fingerprint density at radius 2 is 2.07 bits per heavy atom. The summed E-state index contributed by atoms with van der Waals surface area (Å²) in [4.78, 5) is 36.5. The first-order chi connectivity index (χ1) is 12.9. The predicted molar refractivity (Wildman–Crippen MR) is 113 cm³/mol. The van der Waals surface area contributed by atoms with Gasteiger partial charge in [-0.15, -0.1) is 0 Å². The van der Waals surface area contributed by atoms with Gasteiger partial charge in [-0.3, -0.25) is 19.3 Å². The third-order valence-corrected chi connectivity index (χ3v) is 5.61. The predicted octanol–water partition coefficient (Wildman–Crippen LogP) is 3.41. The number of rotatable bonds is 9. The molecule has 27 heavy (non-hydrogen) atoms. The lowest BCUT2D eigenvalue weighted by molar-refractivity contribution is -0.137. The van der Waals surface area contributed by atoms with E-state index in [2.05, 4.69) is 21.2 Å². The zero-order valence-electron chi connectivity index (χ0n) is 14.4. The fraction of sp³-hybridized carbons (Fsp3) is 0.333. The Morgan fingerprint density at radius 1 is 1.30 bits per heavy atom. The van der Waals surface area contributed by atoms with Crippen molar-refractivity contribution in [2.45, 2.75) is 25.7 Å². The van der Waals surface area contributed by atoms with Gasteiger partial charge in [-0.05, 0) is 36.6 Å². The Bertz CT molecular complexity index is 782. The number of carboxylic acids is 1. The van der Waals surface area contributed by atoms with Crippen molar-refractivity contribution in [1.29, 1.82) is 0 Å². The number of carbonyl (C=O) groups excluding carboxylic acids is 2. The SMILES string of the molecule is O=C(O)CNC(=O)CCCCCN1C(=O)/C(=C/c2cccc(Br)c2)SC1=S. The average Bonchev–Trinajstić information content (AvgIpc) is 2.87. The van der Waals surface area contributed by atoms with Gasteiger partial charge >= 0.3 is 5.97 Å². The third-order valence-electron chi connectivity index (χ3n) is 3.74. The number of carboxylic acid groups (broad SMARTS) is 1. The standard InChI is InChI=1S/C18H19BrN2O4S2/c19-13-6-4-5-12(9-13)10-14-17(25)21(18(26)27-14)8-3-1-2-7-15(22)20-11-16(23)24/h4-6,9-10H,1-3,7-8,11H2,(H,20,22)(H,23,24)/b14-10-. The van der Waals surface area contributed by atoms with Gasteiger partial charge in [0.05, 0.1) is 4.91 Å². The number of benzene rings is 1. The van der Waals surface area contributed by atoms with E-state index in [4.69, 9.17) is 17.3 Å². The van der Waals surface area contributed by atoms with Crippen LogP contribution in [0.1, 0.15) is 31.2 Å². The highest BCUT2D eigenvalue weighted by Crippen LogP contribution is 2.33. The van der Waals surface area contributed by atoms with Crippen molar-refractivity contribution in [2.24, 2.45) is 0 Å². The van der Waals surface area contributed by atoms with E-state index in [1.165, 1.54) is 11.8 Å². The third kappa shape index (κ3) is 7.08. The molecule has 2 amide bonds. The quantitative estimate of drug-likeness (QED) is 0.326. The molecule has 1 aliphatic heterocycles. The van der Waals surface area contributed by atoms with Crippen LogP contribution in [0.15, 0.2) is 33.6 Å². The van der Waals surface area contributed by atoms with Crippen LogP contribution in [0.4, 0.5) is 0 Å². The van der Waals surface area contributed by atoms with Crippen molar-refractivity contribution in [3.63, 3.8) is 0 Å². The van der Waals surface area contributed by atoms with Gasteiger partial charge in [0, 0.05) is 17.4 Å². The molecule has 0 spiro atoms. The number of hydrogen-bond acceptors (Lipinski definition) is 5. The molecule has 0 bridgehead atoms. The van der Waals surface area contributed by atoms with Crippen molar-refractivity contribution >= 4 is 68.1 Å². The summed E-state index contributed by atoms with van der Waals surface area (Å²) in [6.45, 7) is 0.150. The largest absolute Gasteiger partial charge is 0.480 e. The minimum absolute atomic E-state index is 0.0934. The van der Waals surface area contributed by atoms with Crippen LogP contribution < -0.4 is 5.32 Å². The molecule has 0 atom stereocenters. The highest BCUT2D eigenvalue weighted by molar-refractivity contribution is 9.10. The van der Waals surface area contributed by atoms with E-state index in [9.17, 15) is 14.4 Å². The van der Waals surface area contributed by atoms with Crippen LogP contribution >= 0.6 is 39.9 Å². The molecule has 1 heterocycles. The molecule has 1 fully saturated rings. The van der Waals surface area contributed by atoms with Gasteiger partial charge in [-0.1, -0.05) is 58.5 Å². The highest BCUT2D eigenvalue weighted by Gasteiger charge is 2.31. The van der Waals surface area contributed by atoms with E-state index < -0.39 is 5.97 Å². The number of hydrogen-bond donors (Lipinski definition) is 2. The number of halogens is 1. The lowest BCUT2D eigenvalue weighted by atomic mass is 10.1. The van der Waals surface area contributed by atoms with Gasteiger partial charge in [-0.2, -0.15) is 0 Å². The maximum absolute atomic E-state index is 12.5. The van der Waals surface area contributed by atoms with E-state index in [-0.39, 0.29) is 24.8 Å². The zero-order chi connectivity index (χ0) is 19.8. The summed E-state index contributed by atoms with van der Waals surface area (Å²) in [5.41, 5.74) is 0.928. The molecule has 2 rings (SSSR count). The van der Waals surface area contributed by atoms with Crippen LogP contribution in [0.25, 0.3) is 6.08 Å². The topological polar surface area (TPSA) is 86.7 Å². The smallest absolute Gasteiger partial charge is 0.322 e. The van der Waals surface area contributed by atoms with Gasteiger partial charge in [0.25, 0.3) is 5.91 Å². The number of nitrogens with one attached hydrogen (secondary N) is 1. The van der Waals surface area contributed by atoms with Crippen molar-refractivity contribution in [3.05, 3.63) is 39.2 Å². The van der Waals surface area contributed by atoms with E-state index in [0.29, 0.717) is 22.2 Å². The van der Waals surface area contributed by atoms with Crippen molar-refractivity contribution in [3.8, 4) is 0 Å². The van der Waals surface area contributed by atoms with Crippen LogP contribution in [-0.2, 0) is 14.4 Å². The van der Waals surface area contributed by atoms with Crippen LogP contribution in [0.5, 0.6) is 0 Å². The Kier molecular flexibility index (Phi) is 8.46. The summed E-state index contributed by atoms with van der Waals surface area (Å²) in [6, 6.07) is 7.68. The number of nitrogens with zero attached hydrogens (tertiary/aromatic N) is 1. The summed E-state index contributed by atoms with van der Waals surface area (Å²) in [5, 5.41) is 10.8. The lowest BCUT2D eigenvalue weighted by Crippen LogP contribution is -2.29. The Hall–Kier alpha value is -1.71. The number of thiocarbonyl (C=S) groups is 1. The maximum atomic E-state index is 12.5. The summed E-state index contributed by atoms with van der Waals surface area (Å²) < 4.78 is 1.49. The molecule has 2 N–H and O–H groups in total. The van der Waals surface area contributed by atoms with Gasteiger partial charge < -0.3 is 10.4 Å². The Morgan fingerprint density at radius 3 is 2.78 bits per heavy atom. The van der Waals surface area contributed by atoms with Crippen LogP contribution in [0.2, 0.25) is 0 Å². The number of carbonyl (C=O) groups is 3. The number of thioether (sulfide) groups is 1. The Labute approximate surface area is 175 Å². The number of aliphatic carboxylic acids is 1. The average molecular weight is 471 g/mol. The molecule has 144 valence electrons. The van der Waals surface area contributed by atoms with Gasteiger partial charge in [0.2, 0.25) is 5.91 Å². The van der Waals surface area contributed by atoms with E-state index in [0.717, 1.165) is 22.9 Å². The highest BCUT2D eigenvalue weighted by atomic mass is 79.9. The zero-order valence-corrected chi connectivity index (χ0v) is 17.7. The van der Waals surface area contributed by atoms with Crippen LogP contribution in [-0.4, -0.2) is 45.2 Å². The minimum atomic E-state index is -1.06. The molecular formula is C18H19BrN2O4S2. The molecule has 1 saturated heterocycles. The molecule has 1 aromatic carbocycles. The molecule has 9 heteroatoms. The molecule has 1 aliphatic rings. The summed E-state index contributed by atoms with van der Waals surface area (Å²) in [6.07, 6.45) is 4.21. The Balaban J connectivity index is 1.77. The number of amides is 2. The first-order valence-corrected chi connectivity index (χ1v) is 10.4. The second-order valence-electron chi connectivity index (χ2n) is 5.87. The van der Waals surface area contributed by atoms with Crippen LogP contribution in [0.3, 0.4) is 0 Å². The summed E-state index contributed by atoms with van der Waals surface area (Å²) in [7, 11) is 0.